The normalized spacial score (nSPS) is 16.1. The Labute approximate surface area is 89.8 Å². The van der Waals surface area contributed by atoms with Crippen molar-refractivity contribution >= 4 is 11.3 Å². The van der Waals surface area contributed by atoms with E-state index in [1.54, 1.807) is 0 Å². The molecule has 14 heavy (non-hydrogen) atoms. The number of rotatable bonds is 5. The van der Waals surface area contributed by atoms with Gasteiger partial charge in [-0.2, -0.15) is 0 Å². The Morgan fingerprint density at radius 3 is 2.93 bits per heavy atom. The third kappa shape index (κ3) is 2.55. The van der Waals surface area contributed by atoms with Gasteiger partial charge in [-0.15, -0.1) is 11.3 Å². The highest BCUT2D eigenvalue weighted by Gasteiger charge is 2.20. The number of aromatic nitrogens is 1. The summed E-state index contributed by atoms with van der Waals surface area (Å²) in [5, 5.41) is 4.84. The molecule has 0 radical (unpaired) electrons. The smallest absolute Gasteiger partial charge is 0.0931 e. The molecule has 1 aromatic heterocycles. The van der Waals surface area contributed by atoms with Gasteiger partial charge < -0.3 is 5.32 Å². The minimum Gasteiger partial charge on any atom is -0.309 e. The fourth-order valence-corrected chi connectivity index (χ4v) is 2.62. The molecule has 0 aromatic carbocycles. The van der Waals surface area contributed by atoms with E-state index in [9.17, 15) is 0 Å². The molecule has 2 nitrogen and oxygen atoms in total. The van der Waals surface area contributed by atoms with Crippen LogP contribution in [0.15, 0.2) is 0 Å². The van der Waals surface area contributed by atoms with Crippen molar-refractivity contribution in [1.82, 2.24) is 10.3 Å². The second-order valence-electron chi connectivity index (χ2n) is 4.02. The van der Waals surface area contributed by atoms with Crippen LogP contribution in [-0.2, 0) is 13.0 Å². The molecule has 1 saturated carbocycles. The number of hydrogen-bond acceptors (Lipinski definition) is 3. The third-order valence-electron chi connectivity index (χ3n) is 2.53. The van der Waals surface area contributed by atoms with Gasteiger partial charge in [0.2, 0.25) is 0 Å². The molecular weight excluding hydrogens is 192 g/mol. The lowest BCUT2D eigenvalue weighted by molar-refractivity contribution is 0.691. The molecule has 0 atom stereocenters. The lowest BCUT2D eigenvalue weighted by Crippen LogP contribution is -2.14. The lowest BCUT2D eigenvalue weighted by atomic mass is 10.3. The van der Waals surface area contributed by atoms with Crippen molar-refractivity contribution in [1.29, 1.82) is 0 Å². The first-order valence-electron chi connectivity index (χ1n) is 5.48. The lowest BCUT2D eigenvalue weighted by Gasteiger charge is -1.99. The van der Waals surface area contributed by atoms with Crippen molar-refractivity contribution in [2.24, 2.45) is 0 Å². The molecule has 3 heteroatoms. The van der Waals surface area contributed by atoms with Gasteiger partial charge in [-0.05, 0) is 32.6 Å². The Hall–Kier alpha value is -0.410. The summed E-state index contributed by atoms with van der Waals surface area (Å²) < 4.78 is 0. The molecule has 0 unspecified atom stereocenters. The van der Waals surface area contributed by atoms with Gasteiger partial charge in [-0.1, -0.05) is 6.92 Å². The summed E-state index contributed by atoms with van der Waals surface area (Å²) in [7, 11) is 0. The van der Waals surface area contributed by atoms with Gasteiger partial charge in [0.1, 0.15) is 0 Å². The van der Waals surface area contributed by atoms with E-state index in [4.69, 9.17) is 0 Å². The Morgan fingerprint density at radius 2 is 2.29 bits per heavy atom. The van der Waals surface area contributed by atoms with E-state index in [1.165, 1.54) is 34.8 Å². The summed E-state index contributed by atoms with van der Waals surface area (Å²) in [4.78, 5) is 6.01. The van der Waals surface area contributed by atoms with Crippen LogP contribution in [0.3, 0.4) is 0 Å². The van der Waals surface area contributed by atoms with Gasteiger partial charge in [0.05, 0.1) is 10.7 Å². The zero-order valence-electron chi connectivity index (χ0n) is 8.97. The summed E-state index contributed by atoms with van der Waals surface area (Å²) in [5.74, 6) is 0. The molecule has 0 spiro atoms. The van der Waals surface area contributed by atoms with Gasteiger partial charge in [0.25, 0.3) is 0 Å². The molecule has 1 aliphatic rings. The largest absolute Gasteiger partial charge is 0.309 e. The predicted octanol–water partition coefficient (Wildman–Crippen LogP) is 2.66. The molecule has 0 bridgehead atoms. The summed E-state index contributed by atoms with van der Waals surface area (Å²) in [5.41, 5.74) is 1.23. The summed E-state index contributed by atoms with van der Waals surface area (Å²) in [6, 6.07) is 0.797. The van der Waals surface area contributed by atoms with E-state index in [-0.39, 0.29) is 0 Å². The number of aryl methyl sites for hydroxylation is 2. The highest BCUT2D eigenvalue weighted by Crippen LogP contribution is 2.23. The average molecular weight is 210 g/mol. The quantitative estimate of drug-likeness (QED) is 0.808. The van der Waals surface area contributed by atoms with Crippen molar-refractivity contribution in [3.05, 3.63) is 15.6 Å². The molecular formula is C11H18N2S. The summed E-state index contributed by atoms with van der Waals surface area (Å²) in [6.45, 7) is 5.36. The van der Waals surface area contributed by atoms with Gasteiger partial charge in [-0.3, -0.25) is 0 Å². The van der Waals surface area contributed by atoms with E-state index in [2.05, 4.69) is 24.1 Å². The first kappa shape index (κ1) is 10.1. The maximum Gasteiger partial charge on any atom is 0.0931 e. The highest BCUT2D eigenvalue weighted by atomic mass is 32.1. The van der Waals surface area contributed by atoms with Gasteiger partial charge in [0, 0.05) is 17.5 Å². The standard InChI is InChI=1S/C11H18N2S/c1-3-4-11-13-8(2)10(14-11)7-12-9-5-6-9/h9,12H,3-7H2,1-2H3. The van der Waals surface area contributed by atoms with Crippen LogP contribution in [0.25, 0.3) is 0 Å². The van der Waals surface area contributed by atoms with Crippen LogP contribution in [0.5, 0.6) is 0 Å². The minimum atomic E-state index is 0.797. The first-order chi connectivity index (χ1) is 6.79. The first-order valence-corrected chi connectivity index (χ1v) is 6.29. The SMILES string of the molecule is CCCc1nc(C)c(CNC2CC2)s1. The monoisotopic (exact) mass is 210 g/mol. The number of hydrogen-bond donors (Lipinski definition) is 1. The fraction of sp³-hybridized carbons (Fsp3) is 0.727. The molecule has 1 N–H and O–H groups in total. The maximum absolute atomic E-state index is 4.58. The zero-order chi connectivity index (χ0) is 9.97. The molecule has 2 rings (SSSR count). The Kier molecular flexibility index (Phi) is 3.19. The van der Waals surface area contributed by atoms with Gasteiger partial charge in [0.15, 0.2) is 0 Å². The number of thiazole rings is 1. The summed E-state index contributed by atoms with van der Waals surface area (Å²) in [6.07, 6.45) is 5.05. The molecule has 1 aromatic rings. The van der Waals surface area contributed by atoms with E-state index in [0.29, 0.717) is 0 Å². The molecule has 1 aliphatic carbocycles. The van der Waals surface area contributed by atoms with Gasteiger partial charge >= 0.3 is 0 Å². The minimum absolute atomic E-state index is 0.797. The van der Waals surface area contributed by atoms with Crippen molar-refractivity contribution in [3.8, 4) is 0 Å². The molecule has 0 saturated heterocycles. The third-order valence-corrected chi connectivity index (χ3v) is 3.75. The van der Waals surface area contributed by atoms with Crippen molar-refractivity contribution in [2.45, 2.75) is 52.1 Å². The van der Waals surface area contributed by atoms with Crippen molar-refractivity contribution < 1.29 is 0 Å². The van der Waals surface area contributed by atoms with Crippen molar-refractivity contribution in [2.75, 3.05) is 0 Å². The Bertz CT molecular complexity index is 302. The van der Waals surface area contributed by atoms with E-state index >= 15 is 0 Å². The Morgan fingerprint density at radius 1 is 1.50 bits per heavy atom. The van der Waals surface area contributed by atoms with E-state index < -0.39 is 0 Å². The van der Waals surface area contributed by atoms with Crippen LogP contribution in [0.2, 0.25) is 0 Å². The Balaban J connectivity index is 1.93. The molecule has 1 fully saturated rings. The molecule has 0 amide bonds. The number of nitrogens with zero attached hydrogens (tertiary/aromatic N) is 1. The predicted molar refractivity (Wildman–Crippen MR) is 60.7 cm³/mol. The van der Waals surface area contributed by atoms with E-state index in [1.807, 2.05) is 11.3 Å². The fourth-order valence-electron chi connectivity index (χ4n) is 1.50. The van der Waals surface area contributed by atoms with Crippen LogP contribution in [0.4, 0.5) is 0 Å². The number of nitrogens with one attached hydrogen (secondary N) is 1. The molecule has 78 valence electrons. The highest BCUT2D eigenvalue weighted by molar-refractivity contribution is 7.11. The molecule has 1 heterocycles. The molecule has 0 aliphatic heterocycles. The van der Waals surface area contributed by atoms with E-state index in [0.717, 1.165) is 19.0 Å². The van der Waals surface area contributed by atoms with Crippen molar-refractivity contribution in [3.63, 3.8) is 0 Å². The average Bonchev–Trinajstić information content (AvgIpc) is 2.90. The van der Waals surface area contributed by atoms with Gasteiger partial charge in [-0.25, -0.2) is 4.98 Å². The van der Waals surface area contributed by atoms with Crippen LogP contribution >= 0.6 is 11.3 Å². The maximum atomic E-state index is 4.58. The summed E-state index contributed by atoms with van der Waals surface area (Å²) >= 11 is 1.88. The second-order valence-corrected chi connectivity index (χ2v) is 5.19. The van der Waals surface area contributed by atoms with Crippen LogP contribution in [-0.4, -0.2) is 11.0 Å². The van der Waals surface area contributed by atoms with Crippen LogP contribution in [0, 0.1) is 6.92 Å². The van der Waals surface area contributed by atoms with Crippen LogP contribution < -0.4 is 5.32 Å². The topological polar surface area (TPSA) is 24.9 Å². The zero-order valence-corrected chi connectivity index (χ0v) is 9.78. The second kappa shape index (κ2) is 4.41. The van der Waals surface area contributed by atoms with Crippen LogP contribution in [0.1, 0.15) is 41.8 Å².